The summed E-state index contributed by atoms with van der Waals surface area (Å²) in [5, 5.41) is 3.45. The number of piperidine rings is 2. The Bertz CT molecular complexity index is 1010. The van der Waals surface area contributed by atoms with Crippen LogP contribution in [0.3, 0.4) is 0 Å². The average molecular weight is 432 g/mol. The van der Waals surface area contributed by atoms with Crippen LogP contribution in [0, 0.1) is 0 Å². The molecule has 2 aromatic carbocycles. The van der Waals surface area contributed by atoms with E-state index in [-0.39, 0.29) is 5.91 Å². The van der Waals surface area contributed by atoms with Gasteiger partial charge in [0.05, 0.1) is 13.2 Å². The molecular weight excluding hydrogens is 398 g/mol. The summed E-state index contributed by atoms with van der Waals surface area (Å²) >= 11 is 0. The molecule has 168 valence electrons. The first-order valence-corrected chi connectivity index (χ1v) is 12.3. The first-order valence-electron chi connectivity index (χ1n) is 12.3. The van der Waals surface area contributed by atoms with E-state index in [2.05, 4.69) is 51.5 Å². The molecule has 5 nitrogen and oxygen atoms in total. The summed E-state index contributed by atoms with van der Waals surface area (Å²) in [6.07, 6.45) is 4.66. The van der Waals surface area contributed by atoms with Crippen LogP contribution in [0.5, 0.6) is 0 Å². The highest BCUT2D eigenvalue weighted by molar-refractivity contribution is 5.98. The van der Waals surface area contributed by atoms with Gasteiger partial charge in [0.1, 0.15) is 0 Å². The monoisotopic (exact) mass is 431 g/mol. The number of rotatable bonds is 4. The quantitative estimate of drug-likeness (QED) is 0.800. The Morgan fingerprint density at radius 2 is 1.84 bits per heavy atom. The van der Waals surface area contributed by atoms with Crippen molar-refractivity contribution in [1.82, 2.24) is 15.1 Å². The smallest absolute Gasteiger partial charge is 0.254 e. The molecule has 1 atom stereocenters. The Labute approximate surface area is 190 Å². The minimum absolute atomic E-state index is 0.231. The fourth-order valence-electron chi connectivity index (χ4n) is 6.02. The van der Waals surface area contributed by atoms with Gasteiger partial charge < -0.3 is 15.0 Å². The van der Waals surface area contributed by atoms with Crippen LogP contribution in [0.1, 0.15) is 69.8 Å². The number of amides is 1. The normalized spacial score (nSPS) is 24.1. The third-order valence-electron chi connectivity index (χ3n) is 7.92. The van der Waals surface area contributed by atoms with Crippen molar-refractivity contribution in [2.24, 2.45) is 0 Å². The van der Waals surface area contributed by atoms with E-state index in [1.165, 1.54) is 40.7 Å². The minimum Gasteiger partial charge on any atom is -0.372 e. The molecule has 1 amide bonds. The Hall–Kier alpha value is -2.21. The Morgan fingerprint density at radius 1 is 0.969 bits per heavy atom. The molecule has 2 saturated heterocycles. The number of likely N-dealkylation sites (tertiary alicyclic amines) is 1. The molecule has 0 bridgehead atoms. The van der Waals surface area contributed by atoms with Gasteiger partial charge in [-0.25, -0.2) is 0 Å². The zero-order valence-electron chi connectivity index (χ0n) is 18.8. The van der Waals surface area contributed by atoms with Gasteiger partial charge in [-0.05, 0) is 85.1 Å². The second-order valence-electron chi connectivity index (χ2n) is 10.00. The molecule has 2 aromatic rings. The topological polar surface area (TPSA) is 44.8 Å². The van der Waals surface area contributed by atoms with Gasteiger partial charge in [0, 0.05) is 31.2 Å². The molecule has 1 unspecified atom stereocenters. The molecule has 6 rings (SSSR count). The van der Waals surface area contributed by atoms with Crippen LogP contribution < -0.4 is 5.32 Å². The van der Waals surface area contributed by atoms with Crippen LogP contribution in [-0.4, -0.2) is 47.9 Å². The second kappa shape index (κ2) is 8.62. The molecule has 0 aromatic heterocycles. The van der Waals surface area contributed by atoms with Crippen molar-refractivity contribution in [1.29, 1.82) is 0 Å². The Kier molecular flexibility index (Phi) is 5.49. The molecule has 2 fully saturated rings. The highest BCUT2D eigenvalue weighted by Gasteiger charge is 2.34. The zero-order valence-corrected chi connectivity index (χ0v) is 18.8. The lowest BCUT2D eigenvalue weighted by atomic mass is 9.87. The predicted octanol–water partition coefficient (Wildman–Crippen LogP) is 3.80. The zero-order chi connectivity index (χ0) is 21.5. The number of benzene rings is 2. The van der Waals surface area contributed by atoms with Gasteiger partial charge in [0.2, 0.25) is 0 Å². The van der Waals surface area contributed by atoms with Gasteiger partial charge in [-0.3, -0.25) is 9.69 Å². The third-order valence-corrected chi connectivity index (χ3v) is 7.92. The summed E-state index contributed by atoms with van der Waals surface area (Å²) in [6.45, 7) is 7.63. The van der Waals surface area contributed by atoms with Crippen molar-refractivity contribution < 1.29 is 9.53 Å². The summed E-state index contributed by atoms with van der Waals surface area (Å²) in [5.74, 6) is 0.834. The van der Waals surface area contributed by atoms with E-state index >= 15 is 0 Å². The van der Waals surface area contributed by atoms with E-state index in [0.717, 1.165) is 70.9 Å². The molecule has 1 N–H and O–H groups in total. The van der Waals surface area contributed by atoms with Crippen LogP contribution >= 0.6 is 0 Å². The summed E-state index contributed by atoms with van der Waals surface area (Å²) in [4.78, 5) is 17.6. The van der Waals surface area contributed by atoms with Crippen molar-refractivity contribution in [2.75, 3.05) is 26.2 Å². The highest BCUT2D eigenvalue weighted by Crippen LogP contribution is 2.34. The highest BCUT2D eigenvalue weighted by atomic mass is 16.5. The van der Waals surface area contributed by atoms with Crippen molar-refractivity contribution in [3.63, 3.8) is 0 Å². The van der Waals surface area contributed by atoms with Crippen LogP contribution in [0.25, 0.3) is 0 Å². The lowest BCUT2D eigenvalue weighted by Crippen LogP contribution is -2.46. The molecular formula is C27H33N3O2. The summed E-state index contributed by atoms with van der Waals surface area (Å²) < 4.78 is 5.56. The molecule has 0 saturated carbocycles. The van der Waals surface area contributed by atoms with Crippen molar-refractivity contribution in [3.05, 3.63) is 69.8 Å². The molecule has 0 aliphatic carbocycles. The van der Waals surface area contributed by atoms with Gasteiger partial charge in [-0.1, -0.05) is 30.3 Å². The molecule has 32 heavy (non-hydrogen) atoms. The summed E-state index contributed by atoms with van der Waals surface area (Å²) in [5.41, 5.74) is 7.71. The lowest BCUT2D eigenvalue weighted by molar-refractivity contribution is 0.0674. The first kappa shape index (κ1) is 20.4. The first-order chi connectivity index (χ1) is 15.7. The van der Waals surface area contributed by atoms with Crippen LogP contribution in [0.2, 0.25) is 0 Å². The van der Waals surface area contributed by atoms with Gasteiger partial charge in [-0.2, -0.15) is 0 Å². The standard InChI is InChI=1S/C27H33N3O2/c31-27-26-6-5-21(13-23(26)16-30(27)25-2-1-9-28-14-25)20-7-10-29(11-8-20)15-19-3-4-22-17-32-18-24(22)12-19/h3-6,12-13,20,25,28H,1-2,7-11,14-18H2. The van der Waals surface area contributed by atoms with E-state index in [1.807, 2.05) is 0 Å². The Morgan fingerprint density at radius 3 is 2.69 bits per heavy atom. The average Bonchev–Trinajstić information content (AvgIpc) is 3.44. The van der Waals surface area contributed by atoms with Crippen molar-refractivity contribution in [3.8, 4) is 0 Å². The van der Waals surface area contributed by atoms with Gasteiger partial charge >= 0.3 is 0 Å². The van der Waals surface area contributed by atoms with Crippen LogP contribution in [-0.2, 0) is 31.0 Å². The van der Waals surface area contributed by atoms with E-state index in [9.17, 15) is 4.79 Å². The minimum atomic E-state index is 0.231. The van der Waals surface area contributed by atoms with Crippen molar-refractivity contribution >= 4 is 5.91 Å². The number of ether oxygens (including phenoxy) is 1. The summed E-state index contributed by atoms with van der Waals surface area (Å²) in [7, 11) is 0. The second-order valence-corrected chi connectivity index (χ2v) is 10.00. The summed E-state index contributed by atoms with van der Waals surface area (Å²) in [6, 6.07) is 13.8. The molecule has 4 aliphatic rings. The SMILES string of the molecule is O=C1c2ccc(C3CCN(Cc4ccc5c(c4)COC5)CC3)cc2CN1C1CCCNC1. The number of fused-ring (bicyclic) bond motifs is 2. The fourth-order valence-corrected chi connectivity index (χ4v) is 6.02. The Balaban J connectivity index is 1.08. The number of hydrogen-bond acceptors (Lipinski definition) is 4. The number of carbonyl (C=O) groups is 1. The maximum absolute atomic E-state index is 13.0. The van der Waals surface area contributed by atoms with E-state index in [4.69, 9.17) is 4.74 Å². The van der Waals surface area contributed by atoms with Gasteiger partial charge in [-0.15, -0.1) is 0 Å². The number of nitrogens with zero attached hydrogens (tertiary/aromatic N) is 2. The predicted molar refractivity (Wildman–Crippen MR) is 124 cm³/mol. The molecule has 0 spiro atoms. The number of hydrogen-bond donors (Lipinski definition) is 1. The van der Waals surface area contributed by atoms with Crippen molar-refractivity contribution in [2.45, 2.75) is 63.9 Å². The fraction of sp³-hybridized carbons (Fsp3) is 0.519. The third kappa shape index (κ3) is 3.87. The maximum Gasteiger partial charge on any atom is 0.254 e. The van der Waals surface area contributed by atoms with E-state index < -0.39 is 0 Å². The molecule has 0 radical (unpaired) electrons. The van der Waals surface area contributed by atoms with Gasteiger partial charge in [0.25, 0.3) is 5.91 Å². The number of carbonyl (C=O) groups excluding carboxylic acids is 1. The van der Waals surface area contributed by atoms with Crippen LogP contribution in [0.4, 0.5) is 0 Å². The molecule has 4 heterocycles. The largest absolute Gasteiger partial charge is 0.372 e. The van der Waals surface area contributed by atoms with E-state index in [0.29, 0.717) is 12.0 Å². The molecule has 5 heteroatoms. The van der Waals surface area contributed by atoms with Gasteiger partial charge in [0.15, 0.2) is 0 Å². The maximum atomic E-state index is 13.0. The lowest BCUT2D eigenvalue weighted by Gasteiger charge is -2.32. The van der Waals surface area contributed by atoms with Crippen LogP contribution in [0.15, 0.2) is 36.4 Å². The number of nitrogens with one attached hydrogen (secondary N) is 1. The molecule has 4 aliphatic heterocycles. The van der Waals surface area contributed by atoms with E-state index in [1.54, 1.807) is 0 Å².